The molecule has 1 aromatic rings. The van der Waals surface area contributed by atoms with E-state index in [0.717, 1.165) is 19.3 Å². The van der Waals surface area contributed by atoms with Crippen molar-refractivity contribution in [2.24, 2.45) is 12.8 Å². The average molecular weight is 280 g/mol. The number of aryl methyl sites for hydroxylation is 1. The van der Waals surface area contributed by atoms with Crippen LogP contribution in [-0.4, -0.2) is 28.5 Å². The molecule has 20 heavy (non-hydrogen) atoms. The molecule has 0 aliphatic rings. The summed E-state index contributed by atoms with van der Waals surface area (Å²) in [5, 5.41) is 2.71. The van der Waals surface area contributed by atoms with Gasteiger partial charge < -0.3 is 15.6 Å². The fourth-order valence-corrected chi connectivity index (χ4v) is 1.58. The van der Waals surface area contributed by atoms with Gasteiger partial charge in [-0.25, -0.2) is 4.79 Å². The zero-order chi connectivity index (χ0) is 15.0. The number of nitrogens with two attached hydrogens (primary N) is 1. The van der Waals surface area contributed by atoms with E-state index < -0.39 is 11.2 Å². The lowest BCUT2D eigenvalue weighted by Gasteiger charge is -2.01. The van der Waals surface area contributed by atoms with Gasteiger partial charge in [0.15, 0.2) is 0 Å². The van der Waals surface area contributed by atoms with Crippen LogP contribution in [0.15, 0.2) is 21.9 Å². The van der Waals surface area contributed by atoms with Crippen LogP contribution in [0.4, 0.5) is 0 Å². The number of H-pyrrole nitrogens is 1. The predicted octanol–water partition coefficient (Wildman–Crippen LogP) is -0.668. The van der Waals surface area contributed by atoms with Gasteiger partial charge in [-0.05, 0) is 25.5 Å². The highest BCUT2D eigenvalue weighted by atomic mass is 16.2. The molecule has 0 aromatic carbocycles. The van der Waals surface area contributed by atoms with Crippen molar-refractivity contribution in [3.05, 3.63) is 38.7 Å². The Morgan fingerprint density at radius 2 is 2.15 bits per heavy atom. The van der Waals surface area contributed by atoms with E-state index >= 15 is 0 Å². The maximum atomic E-state index is 11.5. The zero-order valence-corrected chi connectivity index (χ0v) is 11.5. The summed E-state index contributed by atoms with van der Waals surface area (Å²) in [5.41, 5.74) is 4.62. The molecule has 1 aromatic heterocycles. The van der Waals surface area contributed by atoms with Crippen LogP contribution in [0.2, 0.25) is 0 Å². The number of amides is 1. The summed E-state index contributed by atoms with van der Waals surface area (Å²) in [6.07, 6.45) is 6.83. The van der Waals surface area contributed by atoms with Crippen LogP contribution in [0.1, 0.15) is 24.8 Å². The van der Waals surface area contributed by atoms with Crippen molar-refractivity contribution in [3.63, 3.8) is 0 Å². The fourth-order valence-electron chi connectivity index (χ4n) is 1.58. The van der Waals surface area contributed by atoms with Crippen LogP contribution in [-0.2, 0) is 11.8 Å². The van der Waals surface area contributed by atoms with E-state index in [1.165, 1.54) is 30.0 Å². The highest BCUT2D eigenvalue weighted by molar-refractivity contribution is 5.91. The molecule has 0 spiro atoms. The number of aromatic nitrogens is 2. The first-order valence-corrected chi connectivity index (χ1v) is 6.50. The minimum Gasteiger partial charge on any atom is -0.353 e. The Hall–Kier alpha value is -2.15. The molecule has 1 rings (SSSR count). The quantitative estimate of drug-likeness (QED) is 0.454. The lowest BCUT2D eigenvalue weighted by molar-refractivity contribution is -0.116. The van der Waals surface area contributed by atoms with Crippen LogP contribution in [0.5, 0.6) is 0 Å². The topological polar surface area (TPSA) is 110 Å². The molecule has 0 saturated heterocycles. The average Bonchev–Trinajstić information content (AvgIpc) is 2.41. The van der Waals surface area contributed by atoms with E-state index in [4.69, 9.17) is 5.73 Å². The number of carbonyl (C=O) groups is 1. The molecule has 7 heteroatoms. The number of carbonyl (C=O) groups excluding carboxylic acids is 1. The number of nitrogens with zero attached hydrogens (tertiary/aromatic N) is 1. The van der Waals surface area contributed by atoms with Gasteiger partial charge in [0.05, 0.1) is 5.56 Å². The summed E-state index contributed by atoms with van der Waals surface area (Å²) in [6, 6.07) is 0. The minimum atomic E-state index is -0.514. The second-order valence-corrected chi connectivity index (χ2v) is 4.43. The minimum absolute atomic E-state index is 0.255. The monoisotopic (exact) mass is 280 g/mol. The molecule has 0 saturated carbocycles. The molecule has 0 fully saturated rings. The molecule has 4 N–H and O–H groups in total. The van der Waals surface area contributed by atoms with E-state index in [0.29, 0.717) is 13.1 Å². The van der Waals surface area contributed by atoms with Crippen LogP contribution in [0.25, 0.3) is 6.08 Å². The van der Waals surface area contributed by atoms with E-state index in [1.807, 2.05) is 0 Å². The number of nitrogens with one attached hydrogen (secondary N) is 2. The summed E-state index contributed by atoms with van der Waals surface area (Å²) in [5.74, 6) is -0.272. The molecule has 0 aliphatic heterocycles. The van der Waals surface area contributed by atoms with Crippen molar-refractivity contribution < 1.29 is 4.79 Å². The molecular weight excluding hydrogens is 260 g/mol. The maximum Gasteiger partial charge on any atom is 0.328 e. The van der Waals surface area contributed by atoms with E-state index in [1.54, 1.807) is 0 Å². The van der Waals surface area contributed by atoms with Gasteiger partial charge in [-0.2, -0.15) is 0 Å². The number of hydrogen-bond acceptors (Lipinski definition) is 4. The van der Waals surface area contributed by atoms with Gasteiger partial charge in [0.1, 0.15) is 0 Å². The first kappa shape index (κ1) is 15.9. The Bertz CT molecular complexity index is 586. The highest BCUT2D eigenvalue weighted by Crippen LogP contribution is 1.93. The van der Waals surface area contributed by atoms with Crippen LogP contribution in [0, 0.1) is 0 Å². The Morgan fingerprint density at radius 1 is 1.40 bits per heavy atom. The van der Waals surface area contributed by atoms with Crippen molar-refractivity contribution in [1.29, 1.82) is 0 Å². The molecule has 1 heterocycles. The lowest BCUT2D eigenvalue weighted by atomic mass is 10.2. The second kappa shape index (κ2) is 8.11. The normalized spacial score (nSPS) is 10.9. The summed E-state index contributed by atoms with van der Waals surface area (Å²) >= 11 is 0. The SMILES string of the molecule is Cn1cc(/C=C/C(=O)NCCCCCN)c(=O)[nH]c1=O. The van der Waals surface area contributed by atoms with Gasteiger partial charge >= 0.3 is 5.69 Å². The molecule has 7 nitrogen and oxygen atoms in total. The molecular formula is C13H20N4O3. The Morgan fingerprint density at radius 3 is 2.85 bits per heavy atom. The number of rotatable bonds is 7. The fraction of sp³-hybridized carbons (Fsp3) is 0.462. The van der Waals surface area contributed by atoms with Gasteiger partial charge in [0.2, 0.25) is 5.91 Å². The van der Waals surface area contributed by atoms with E-state index in [-0.39, 0.29) is 11.5 Å². The van der Waals surface area contributed by atoms with Gasteiger partial charge in [-0.15, -0.1) is 0 Å². The van der Waals surface area contributed by atoms with Crippen molar-refractivity contribution in [2.45, 2.75) is 19.3 Å². The van der Waals surface area contributed by atoms with Crippen LogP contribution in [0.3, 0.4) is 0 Å². The zero-order valence-electron chi connectivity index (χ0n) is 11.5. The predicted molar refractivity (Wildman–Crippen MR) is 77.3 cm³/mol. The second-order valence-electron chi connectivity index (χ2n) is 4.43. The molecule has 0 radical (unpaired) electrons. The standard InChI is InChI=1S/C13H20N4O3/c1-17-9-10(12(19)16-13(17)20)5-6-11(18)15-8-4-2-3-7-14/h5-6,9H,2-4,7-8,14H2,1H3,(H,15,18)(H,16,19,20)/b6-5+. The van der Waals surface area contributed by atoms with Gasteiger partial charge in [0.25, 0.3) is 5.56 Å². The Balaban J connectivity index is 2.51. The van der Waals surface area contributed by atoms with E-state index in [9.17, 15) is 14.4 Å². The third kappa shape index (κ3) is 5.23. The first-order chi connectivity index (χ1) is 9.54. The summed E-state index contributed by atoms with van der Waals surface area (Å²) < 4.78 is 1.24. The third-order valence-electron chi connectivity index (χ3n) is 2.73. The number of unbranched alkanes of at least 4 members (excludes halogenated alkanes) is 2. The highest BCUT2D eigenvalue weighted by Gasteiger charge is 2.00. The van der Waals surface area contributed by atoms with E-state index in [2.05, 4.69) is 10.3 Å². The third-order valence-corrected chi connectivity index (χ3v) is 2.73. The number of aromatic amines is 1. The molecule has 110 valence electrons. The Labute approximate surface area is 116 Å². The van der Waals surface area contributed by atoms with Crippen molar-refractivity contribution in [3.8, 4) is 0 Å². The molecule has 0 aliphatic carbocycles. The van der Waals surface area contributed by atoms with Crippen LogP contribution < -0.4 is 22.3 Å². The maximum absolute atomic E-state index is 11.5. The molecule has 0 unspecified atom stereocenters. The molecule has 0 atom stereocenters. The first-order valence-electron chi connectivity index (χ1n) is 6.50. The largest absolute Gasteiger partial charge is 0.353 e. The van der Waals surface area contributed by atoms with Crippen molar-refractivity contribution in [1.82, 2.24) is 14.9 Å². The number of hydrogen-bond donors (Lipinski definition) is 3. The van der Waals surface area contributed by atoms with Gasteiger partial charge in [0, 0.05) is 25.9 Å². The van der Waals surface area contributed by atoms with Crippen LogP contribution >= 0.6 is 0 Å². The van der Waals surface area contributed by atoms with Crippen molar-refractivity contribution in [2.75, 3.05) is 13.1 Å². The van der Waals surface area contributed by atoms with Gasteiger partial charge in [-0.1, -0.05) is 6.42 Å². The molecule has 0 bridgehead atoms. The van der Waals surface area contributed by atoms with Crippen molar-refractivity contribution >= 4 is 12.0 Å². The summed E-state index contributed by atoms with van der Waals surface area (Å²) in [4.78, 5) is 36.3. The molecule has 1 amide bonds. The lowest BCUT2D eigenvalue weighted by Crippen LogP contribution is -2.29. The summed E-state index contributed by atoms with van der Waals surface area (Å²) in [7, 11) is 1.52. The summed E-state index contributed by atoms with van der Waals surface area (Å²) in [6.45, 7) is 1.23. The van der Waals surface area contributed by atoms with Gasteiger partial charge in [-0.3, -0.25) is 14.6 Å². The Kier molecular flexibility index (Phi) is 6.45. The smallest absolute Gasteiger partial charge is 0.328 e.